The second kappa shape index (κ2) is 6.64. The van der Waals surface area contributed by atoms with E-state index in [1.807, 2.05) is 0 Å². The molecule has 0 atom stereocenters. The van der Waals surface area contributed by atoms with Crippen LogP contribution in [-0.2, 0) is 9.59 Å². The summed E-state index contributed by atoms with van der Waals surface area (Å²) in [6, 6.07) is 11.9. The minimum atomic E-state index is -0.965. The normalized spacial score (nSPS) is 14.8. The first kappa shape index (κ1) is 17.1. The number of benzene rings is 2. The number of hydrogen-bond acceptors (Lipinski definition) is 4. The van der Waals surface area contributed by atoms with Crippen molar-refractivity contribution in [1.82, 2.24) is 0 Å². The summed E-state index contributed by atoms with van der Waals surface area (Å²) in [5.41, 5.74) is -0.0782. The Labute approximate surface area is 150 Å². The van der Waals surface area contributed by atoms with Gasteiger partial charge in [-0.25, -0.2) is 0 Å². The molecule has 6 nitrogen and oxygen atoms in total. The van der Waals surface area contributed by atoms with Crippen LogP contribution in [0.4, 0.5) is 11.4 Å². The van der Waals surface area contributed by atoms with Gasteiger partial charge in [0.15, 0.2) is 12.2 Å². The summed E-state index contributed by atoms with van der Waals surface area (Å²) in [5.74, 6) is 0.399. The number of anilines is 2. The van der Waals surface area contributed by atoms with Crippen LogP contribution >= 0.6 is 11.6 Å². The number of carbonyl (C=O) groups is 2. The van der Waals surface area contributed by atoms with Gasteiger partial charge in [-0.1, -0.05) is 17.7 Å². The second-order valence-corrected chi connectivity index (χ2v) is 6.47. The Morgan fingerprint density at radius 2 is 1.96 bits per heavy atom. The van der Waals surface area contributed by atoms with Gasteiger partial charge in [0, 0.05) is 5.02 Å². The molecular formula is C18H17ClN2O4. The van der Waals surface area contributed by atoms with E-state index in [1.54, 1.807) is 56.3 Å². The summed E-state index contributed by atoms with van der Waals surface area (Å²) in [7, 11) is 0. The third-order valence-corrected chi connectivity index (χ3v) is 3.89. The smallest absolute Gasteiger partial charge is 0.268 e. The molecule has 0 aliphatic carbocycles. The Kier molecular flexibility index (Phi) is 4.55. The summed E-state index contributed by atoms with van der Waals surface area (Å²) in [4.78, 5) is 24.2. The van der Waals surface area contributed by atoms with E-state index in [0.29, 0.717) is 27.9 Å². The summed E-state index contributed by atoms with van der Waals surface area (Å²) in [5, 5.41) is 6.07. The number of hydrogen-bond donors (Lipinski definition) is 2. The monoisotopic (exact) mass is 360 g/mol. The van der Waals surface area contributed by atoms with Crippen molar-refractivity contribution < 1.29 is 19.1 Å². The van der Waals surface area contributed by atoms with Gasteiger partial charge in [-0.15, -0.1) is 0 Å². The summed E-state index contributed by atoms with van der Waals surface area (Å²) < 4.78 is 11.1. The van der Waals surface area contributed by atoms with Crippen LogP contribution in [0.15, 0.2) is 42.5 Å². The van der Waals surface area contributed by atoms with Crippen molar-refractivity contribution in [3.8, 4) is 11.5 Å². The summed E-state index contributed by atoms with van der Waals surface area (Å²) in [6.45, 7) is 3.18. The summed E-state index contributed by atoms with van der Waals surface area (Å²) in [6.07, 6.45) is 0. The number of nitrogens with one attached hydrogen (secondary N) is 2. The number of carbonyl (C=O) groups excluding carboxylic acids is 2. The molecule has 0 unspecified atom stereocenters. The van der Waals surface area contributed by atoms with Gasteiger partial charge < -0.3 is 20.1 Å². The molecule has 3 rings (SSSR count). The van der Waals surface area contributed by atoms with Crippen LogP contribution in [0, 0.1) is 0 Å². The van der Waals surface area contributed by atoms with Crippen LogP contribution in [0.2, 0.25) is 5.02 Å². The molecule has 7 heteroatoms. The lowest BCUT2D eigenvalue weighted by molar-refractivity contribution is -0.129. The molecule has 130 valence electrons. The van der Waals surface area contributed by atoms with E-state index in [4.69, 9.17) is 21.1 Å². The van der Waals surface area contributed by atoms with Crippen LogP contribution in [-0.4, -0.2) is 24.0 Å². The van der Waals surface area contributed by atoms with Crippen LogP contribution in [0.1, 0.15) is 13.8 Å². The highest BCUT2D eigenvalue weighted by atomic mass is 35.5. The fourth-order valence-electron chi connectivity index (χ4n) is 2.30. The summed E-state index contributed by atoms with van der Waals surface area (Å²) >= 11 is 5.80. The molecule has 25 heavy (non-hydrogen) atoms. The zero-order valence-electron chi connectivity index (χ0n) is 13.8. The molecule has 1 aliphatic rings. The Balaban J connectivity index is 1.68. The molecule has 2 aromatic rings. The molecule has 1 aliphatic heterocycles. The van der Waals surface area contributed by atoms with Crippen molar-refractivity contribution in [3.63, 3.8) is 0 Å². The van der Waals surface area contributed by atoms with E-state index >= 15 is 0 Å². The molecule has 0 fully saturated rings. The maximum Gasteiger partial charge on any atom is 0.268 e. The molecule has 2 amide bonds. The van der Waals surface area contributed by atoms with Gasteiger partial charge in [-0.2, -0.15) is 0 Å². The largest absolute Gasteiger partial charge is 0.484 e. The average molecular weight is 361 g/mol. The predicted molar refractivity (Wildman–Crippen MR) is 95.4 cm³/mol. The van der Waals surface area contributed by atoms with Crippen molar-refractivity contribution >= 4 is 34.8 Å². The lowest BCUT2D eigenvalue weighted by Crippen LogP contribution is -2.45. The molecule has 1 heterocycles. The topological polar surface area (TPSA) is 76.7 Å². The molecule has 0 radical (unpaired) electrons. The van der Waals surface area contributed by atoms with E-state index in [0.717, 1.165) is 0 Å². The molecule has 0 bridgehead atoms. The molecule has 2 aromatic carbocycles. The minimum absolute atomic E-state index is 0.175. The number of rotatable bonds is 4. The predicted octanol–water partition coefficient (Wildman–Crippen LogP) is 3.47. The fourth-order valence-corrected chi connectivity index (χ4v) is 2.43. The maximum absolute atomic E-state index is 12.1. The number of fused-ring (bicyclic) bond motifs is 1. The Morgan fingerprint density at radius 3 is 2.68 bits per heavy atom. The Hall–Kier alpha value is -2.73. The van der Waals surface area contributed by atoms with E-state index in [-0.39, 0.29) is 18.4 Å². The first-order chi connectivity index (χ1) is 11.8. The van der Waals surface area contributed by atoms with Gasteiger partial charge in [0.1, 0.15) is 17.2 Å². The van der Waals surface area contributed by atoms with Crippen LogP contribution < -0.4 is 20.1 Å². The van der Waals surface area contributed by atoms with E-state index in [1.165, 1.54) is 0 Å². The number of amides is 2. The maximum atomic E-state index is 12.1. The van der Waals surface area contributed by atoms with Crippen LogP contribution in [0.25, 0.3) is 0 Å². The Bertz CT molecular complexity index is 818. The van der Waals surface area contributed by atoms with E-state index < -0.39 is 5.60 Å². The van der Waals surface area contributed by atoms with Gasteiger partial charge in [-0.05, 0) is 50.2 Å². The molecule has 0 saturated carbocycles. The third-order valence-electron chi connectivity index (χ3n) is 3.63. The van der Waals surface area contributed by atoms with Crippen molar-refractivity contribution in [2.24, 2.45) is 0 Å². The quantitative estimate of drug-likeness (QED) is 0.875. The van der Waals surface area contributed by atoms with Gasteiger partial charge in [-0.3, -0.25) is 9.59 Å². The highest BCUT2D eigenvalue weighted by Gasteiger charge is 2.36. The first-order valence-corrected chi connectivity index (χ1v) is 8.05. The average Bonchev–Trinajstić information content (AvgIpc) is 2.56. The van der Waals surface area contributed by atoms with Gasteiger partial charge >= 0.3 is 0 Å². The lowest BCUT2D eigenvalue weighted by Gasteiger charge is -2.32. The van der Waals surface area contributed by atoms with Crippen LogP contribution in [0.5, 0.6) is 11.5 Å². The SMILES string of the molecule is CC1(C)Oc2cccc(NC(=O)COc3ccc(Cl)cc3)c2NC1=O. The number of para-hydroxylation sites is 1. The van der Waals surface area contributed by atoms with Gasteiger partial charge in [0.2, 0.25) is 0 Å². The number of ether oxygens (including phenoxy) is 2. The van der Waals surface area contributed by atoms with Crippen molar-refractivity contribution in [3.05, 3.63) is 47.5 Å². The second-order valence-electron chi connectivity index (χ2n) is 6.04. The third kappa shape index (κ3) is 3.85. The van der Waals surface area contributed by atoms with Crippen molar-refractivity contribution in [2.75, 3.05) is 17.2 Å². The van der Waals surface area contributed by atoms with E-state index in [2.05, 4.69) is 10.6 Å². The molecular weight excluding hydrogens is 344 g/mol. The van der Waals surface area contributed by atoms with Crippen molar-refractivity contribution in [1.29, 1.82) is 0 Å². The minimum Gasteiger partial charge on any atom is -0.484 e. The number of halogens is 1. The fraction of sp³-hybridized carbons (Fsp3) is 0.222. The Morgan fingerprint density at radius 1 is 1.24 bits per heavy atom. The van der Waals surface area contributed by atoms with Gasteiger partial charge in [0.05, 0.1) is 5.69 Å². The zero-order chi connectivity index (χ0) is 18.0. The standard InChI is InChI=1S/C18H17ClN2O4/c1-18(2)17(23)21-16-13(4-3-5-14(16)25-18)20-15(22)10-24-12-8-6-11(19)7-9-12/h3-9H,10H2,1-2H3,(H,20,22)(H,21,23). The zero-order valence-corrected chi connectivity index (χ0v) is 14.5. The molecule has 2 N–H and O–H groups in total. The molecule has 0 aromatic heterocycles. The van der Waals surface area contributed by atoms with E-state index in [9.17, 15) is 9.59 Å². The van der Waals surface area contributed by atoms with Crippen LogP contribution in [0.3, 0.4) is 0 Å². The highest BCUT2D eigenvalue weighted by molar-refractivity contribution is 6.30. The molecule has 0 spiro atoms. The molecule has 0 saturated heterocycles. The highest BCUT2D eigenvalue weighted by Crippen LogP contribution is 2.38. The lowest BCUT2D eigenvalue weighted by atomic mass is 10.1. The van der Waals surface area contributed by atoms with Gasteiger partial charge in [0.25, 0.3) is 11.8 Å². The van der Waals surface area contributed by atoms with Crippen molar-refractivity contribution in [2.45, 2.75) is 19.4 Å². The first-order valence-electron chi connectivity index (χ1n) is 7.67.